The summed E-state index contributed by atoms with van der Waals surface area (Å²) in [7, 11) is 0. The van der Waals surface area contributed by atoms with E-state index in [-0.39, 0.29) is 0 Å². The molecule has 1 saturated heterocycles. The van der Waals surface area contributed by atoms with E-state index >= 15 is 0 Å². The zero-order valence-corrected chi connectivity index (χ0v) is 9.96. The van der Waals surface area contributed by atoms with Gasteiger partial charge in [-0.25, -0.2) is 14.8 Å². The molecular weight excluding hydrogens is 218 g/mol. The smallest absolute Gasteiger partial charge is 0.329 e. The van der Waals surface area contributed by atoms with Crippen LogP contribution in [0.3, 0.4) is 0 Å². The Morgan fingerprint density at radius 3 is 2.82 bits per heavy atom. The van der Waals surface area contributed by atoms with Gasteiger partial charge in [-0.3, -0.25) is 0 Å². The van der Waals surface area contributed by atoms with Gasteiger partial charge < -0.3 is 10.0 Å². The van der Waals surface area contributed by atoms with Crippen LogP contribution in [0.15, 0.2) is 18.5 Å². The summed E-state index contributed by atoms with van der Waals surface area (Å²) < 4.78 is 0. The fourth-order valence-electron chi connectivity index (χ4n) is 2.60. The second-order valence-corrected chi connectivity index (χ2v) is 4.39. The first-order chi connectivity index (χ1) is 8.20. The molecule has 1 N–H and O–H groups in total. The zero-order chi connectivity index (χ0) is 12.3. The highest BCUT2D eigenvalue weighted by atomic mass is 16.4. The average Bonchev–Trinajstić information content (AvgIpc) is 2.76. The van der Waals surface area contributed by atoms with Crippen LogP contribution in [0.2, 0.25) is 0 Å². The van der Waals surface area contributed by atoms with Crippen molar-refractivity contribution in [1.29, 1.82) is 0 Å². The molecule has 5 heteroatoms. The van der Waals surface area contributed by atoms with Crippen molar-refractivity contribution in [2.24, 2.45) is 0 Å². The molecule has 1 aromatic rings. The number of aromatic nitrogens is 2. The Bertz CT molecular complexity index is 396. The number of aliphatic carboxylic acids is 1. The van der Waals surface area contributed by atoms with Gasteiger partial charge in [0.15, 0.2) is 0 Å². The Kier molecular flexibility index (Phi) is 3.26. The van der Waals surface area contributed by atoms with Gasteiger partial charge >= 0.3 is 5.97 Å². The van der Waals surface area contributed by atoms with Crippen LogP contribution in [-0.4, -0.2) is 33.1 Å². The molecule has 17 heavy (non-hydrogen) atoms. The molecule has 5 nitrogen and oxygen atoms in total. The maximum Gasteiger partial charge on any atom is 0.329 e. The van der Waals surface area contributed by atoms with Crippen LogP contribution in [0.4, 0.5) is 5.95 Å². The highest BCUT2D eigenvalue weighted by Gasteiger charge is 2.47. The molecule has 0 bridgehead atoms. The van der Waals surface area contributed by atoms with E-state index in [2.05, 4.69) is 9.97 Å². The first kappa shape index (κ1) is 11.8. The van der Waals surface area contributed by atoms with E-state index in [1.165, 1.54) is 0 Å². The Hall–Kier alpha value is -1.65. The van der Waals surface area contributed by atoms with E-state index in [9.17, 15) is 9.90 Å². The van der Waals surface area contributed by atoms with Gasteiger partial charge in [0.1, 0.15) is 5.54 Å². The summed E-state index contributed by atoms with van der Waals surface area (Å²) in [6.45, 7) is 2.73. The SMILES string of the molecule is CCCC1(C(=O)O)CCCN1c1ncccn1. The summed E-state index contributed by atoms with van der Waals surface area (Å²) in [4.78, 5) is 21.8. The van der Waals surface area contributed by atoms with E-state index in [1.54, 1.807) is 18.5 Å². The minimum absolute atomic E-state index is 0.529. The van der Waals surface area contributed by atoms with Crippen molar-refractivity contribution in [2.75, 3.05) is 11.4 Å². The molecule has 92 valence electrons. The molecule has 1 aliphatic heterocycles. The third-order valence-corrected chi connectivity index (χ3v) is 3.34. The number of carbonyl (C=O) groups is 1. The lowest BCUT2D eigenvalue weighted by Gasteiger charge is -2.34. The van der Waals surface area contributed by atoms with Crippen molar-refractivity contribution in [3.8, 4) is 0 Å². The Labute approximate surface area is 100 Å². The van der Waals surface area contributed by atoms with Gasteiger partial charge in [0.2, 0.25) is 5.95 Å². The van der Waals surface area contributed by atoms with Crippen LogP contribution >= 0.6 is 0 Å². The number of rotatable bonds is 4. The number of nitrogens with zero attached hydrogens (tertiary/aromatic N) is 3. The molecule has 2 heterocycles. The fraction of sp³-hybridized carbons (Fsp3) is 0.583. The molecule has 0 saturated carbocycles. The first-order valence-electron chi connectivity index (χ1n) is 5.99. The second-order valence-electron chi connectivity index (χ2n) is 4.39. The van der Waals surface area contributed by atoms with Gasteiger partial charge in [0.25, 0.3) is 0 Å². The van der Waals surface area contributed by atoms with Gasteiger partial charge in [0, 0.05) is 18.9 Å². The number of hydrogen-bond donors (Lipinski definition) is 1. The molecule has 0 aromatic carbocycles. The van der Waals surface area contributed by atoms with Crippen LogP contribution in [0.25, 0.3) is 0 Å². The lowest BCUT2D eigenvalue weighted by molar-refractivity contribution is -0.143. The van der Waals surface area contributed by atoms with Crippen molar-refractivity contribution in [2.45, 2.75) is 38.1 Å². The highest BCUT2D eigenvalue weighted by Crippen LogP contribution is 2.36. The summed E-state index contributed by atoms with van der Waals surface area (Å²) in [5.74, 6) is -0.231. The van der Waals surface area contributed by atoms with E-state index in [4.69, 9.17) is 0 Å². The zero-order valence-electron chi connectivity index (χ0n) is 9.96. The van der Waals surface area contributed by atoms with Crippen molar-refractivity contribution >= 4 is 11.9 Å². The third kappa shape index (κ3) is 1.97. The summed E-state index contributed by atoms with van der Waals surface area (Å²) >= 11 is 0. The Morgan fingerprint density at radius 2 is 2.24 bits per heavy atom. The highest BCUT2D eigenvalue weighted by molar-refractivity contribution is 5.83. The van der Waals surface area contributed by atoms with Crippen molar-refractivity contribution < 1.29 is 9.90 Å². The summed E-state index contributed by atoms with van der Waals surface area (Å²) in [5.41, 5.74) is -0.809. The van der Waals surface area contributed by atoms with E-state index in [0.717, 1.165) is 19.4 Å². The molecule has 0 amide bonds. The minimum Gasteiger partial charge on any atom is -0.479 e. The fourth-order valence-corrected chi connectivity index (χ4v) is 2.60. The van der Waals surface area contributed by atoms with Crippen molar-refractivity contribution in [3.05, 3.63) is 18.5 Å². The second kappa shape index (κ2) is 4.69. The molecule has 1 fully saturated rings. The van der Waals surface area contributed by atoms with Gasteiger partial charge in [-0.1, -0.05) is 13.3 Å². The number of hydrogen-bond acceptors (Lipinski definition) is 4. The Morgan fingerprint density at radius 1 is 1.53 bits per heavy atom. The molecule has 0 radical (unpaired) electrons. The van der Waals surface area contributed by atoms with E-state index < -0.39 is 11.5 Å². The lowest BCUT2D eigenvalue weighted by atomic mass is 9.91. The maximum absolute atomic E-state index is 11.6. The summed E-state index contributed by atoms with van der Waals surface area (Å²) in [6, 6.07) is 1.74. The quantitative estimate of drug-likeness (QED) is 0.860. The summed E-state index contributed by atoms with van der Waals surface area (Å²) in [6.07, 6.45) is 6.34. The first-order valence-corrected chi connectivity index (χ1v) is 5.99. The largest absolute Gasteiger partial charge is 0.479 e. The third-order valence-electron chi connectivity index (χ3n) is 3.34. The number of anilines is 1. The average molecular weight is 235 g/mol. The summed E-state index contributed by atoms with van der Waals surface area (Å²) in [5, 5.41) is 9.53. The maximum atomic E-state index is 11.6. The molecule has 1 aliphatic rings. The van der Waals surface area contributed by atoms with Gasteiger partial charge in [-0.05, 0) is 25.3 Å². The van der Waals surface area contributed by atoms with E-state index in [0.29, 0.717) is 18.8 Å². The Balaban J connectivity index is 2.35. The normalized spacial score (nSPS) is 23.9. The molecule has 0 spiro atoms. The molecule has 2 rings (SSSR count). The number of carboxylic acid groups (broad SMARTS) is 1. The predicted molar refractivity (Wildman–Crippen MR) is 63.9 cm³/mol. The molecule has 1 unspecified atom stereocenters. The van der Waals surface area contributed by atoms with Crippen LogP contribution in [0.1, 0.15) is 32.6 Å². The van der Waals surface area contributed by atoms with Crippen LogP contribution in [0, 0.1) is 0 Å². The minimum atomic E-state index is -0.809. The van der Waals surface area contributed by atoms with Gasteiger partial charge in [0.05, 0.1) is 0 Å². The van der Waals surface area contributed by atoms with Gasteiger partial charge in [-0.2, -0.15) is 0 Å². The number of carboxylic acids is 1. The monoisotopic (exact) mass is 235 g/mol. The topological polar surface area (TPSA) is 66.3 Å². The van der Waals surface area contributed by atoms with Gasteiger partial charge in [-0.15, -0.1) is 0 Å². The predicted octanol–water partition coefficient (Wildman–Crippen LogP) is 1.70. The van der Waals surface area contributed by atoms with E-state index in [1.807, 2.05) is 11.8 Å². The van der Waals surface area contributed by atoms with Crippen LogP contribution < -0.4 is 4.90 Å². The van der Waals surface area contributed by atoms with Crippen LogP contribution in [-0.2, 0) is 4.79 Å². The molecule has 0 aliphatic carbocycles. The van der Waals surface area contributed by atoms with Crippen molar-refractivity contribution in [1.82, 2.24) is 9.97 Å². The standard InChI is InChI=1S/C12H17N3O2/c1-2-5-12(10(16)17)6-3-9-15(12)11-13-7-4-8-14-11/h4,7-8H,2-3,5-6,9H2,1H3,(H,16,17). The van der Waals surface area contributed by atoms with Crippen LogP contribution in [0.5, 0.6) is 0 Å². The van der Waals surface area contributed by atoms with Crippen molar-refractivity contribution in [3.63, 3.8) is 0 Å². The molecule has 1 aromatic heterocycles. The molecule has 1 atom stereocenters. The molecular formula is C12H17N3O2. The lowest BCUT2D eigenvalue weighted by Crippen LogP contribution is -2.51.